The van der Waals surface area contributed by atoms with Crippen LogP contribution in [0.4, 0.5) is 5.69 Å². The van der Waals surface area contributed by atoms with E-state index in [1.165, 1.54) is 26.3 Å². The van der Waals surface area contributed by atoms with Crippen LogP contribution in [0.3, 0.4) is 0 Å². The smallest absolute Gasteiger partial charge is 0.275 e. The number of nitro groups is 1. The molecule has 28 heavy (non-hydrogen) atoms. The van der Waals surface area contributed by atoms with Gasteiger partial charge in [0, 0.05) is 13.1 Å². The third-order valence-electron chi connectivity index (χ3n) is 3.91. The molecule has 2 aromatic carbocycles. The van der Waals surface area contributed by atoms with Crippen molar-refractivity contribution in [3.8, 4) is 0 Å². The average Bonchev–Trinajstić information content (AvgIpc) is 2.71. The van der Waals surface area contributed by atoms with E-state index < -0.39 is 42.9 Å². The Morgan fingerprint density at radius 3 is 2.32 bits per heavy atom. The summed E-state index contributed by atoms with van der Waals surface area (Å²) in [7, 11) is -1.79. The number of hydrogen-bond acceptors (Lipinski definition) is 6. The van der Waals surface area contributed by atoms with Crippen molar-refractivity contribution in [3.05, 3.63) is 70.3 Å². The van der Waals surface area contributed by atoms with E-state index in [1.54, 1.807) is 30.3 Å². The van der Waals surface area contributed by atoms with Crippen LogP contribution in [-0.2, 0) is 19.7 Å². The van der Waals surface area contributed by atoms with Crippen molar-refractivity contribution in [3.63, 3.8) is 0 Å². The third kappa shape index (κ3) is 4.84. The minimum atomic E-state index is -4.38. The summed E-state index contributed by atoms with van der Waals surface area (Å²) in [6, 6.07) is 11.9. The van der Waals surface area contributed by atoms with Gasteiger partial charge in [0.25, 0.3) is 11.6 Å². The molecule has 0 aliphatic rings. The standard InChI is InChI=1S/C17H18ClN3O6S/c1-20(27-2)17(22)15(18)16(12-8-4-3-5-9-12)19-28(25,26)14-11-7-6-10-13(14)21(23)24/h3-11,15-16,19H,1-2H3/t15-,16+/m0/s1. The summed E-state index contributed by atoms with van der Waals surface area (Å²) in [4.78, 5) is 27.1. The minimum absolute atomic E-state index is 0.405. The summed E-state index contributed by atoms with van der Waals surface area (Å²) in [5.74, 6) is -0.691. The maximum absolute atomic E-state index is 12.9. The molecule has 0 aromatic heterocycles. The molecule has 1 amide bonds. The lowest BCUT2D eigenvalue weighted by atomic mass is 10.0. The first kappa shape index (κ1) is 21.8. The van der Waals surface area contributed by atoms with E-state index in [4.69, 9.17) is 16.4 Å². The highest BCUT2D eigenvalue weighted by atomic mass is 35.5. The normalized spacial score (nSPS) is 13.5. The van der Waals surface area contributed by atoms with Gasteiger partial charge in [-0.15, -0.1) is 11.6 Å². The van der Waals surface area contributed by atoms with Crippen LogP contribution in [0, 0.1) is 10.1 Å². The van der Waals surface area contributed by atoms with Crippen LogP contribution >= 0.6 is 11.6 Å². The lowest BCUT2D eigenvalue weighted by Gasteiger charge is -2.26. The van der Waals surface area contributed by atoms with Gasteiger partial charge < -0.3 is 0 Å². The molecule has 2 atom stereocenters. The zero-order chi connectivity index (χ0) is 20.9. The SMILES string of the molecule is CON(C)C(=O)[C@@H](Cl)[C@H](NS(=O)(=O)c1ccccc1[N+](=O)[O-])c1ccccc1. The second-order valence-electron chi connectivity index (χ2n) is 5.65. The van der Waals surface area contributed by atoms with E-state index in [2.05, 4.69) is 4.72 Å². The number of rotatable bonds is 8. The molecule has 1 N–H and O–H groups in total. The lowest BCUT2D eigenvalue weighted by Crippen LogP contribution is -2.42. The molecule has 0 saturated carbocycles. The molecule has 2 rings (SSSR count). The Hall–Kier alpha value is -2.53. The van der Waals surface area contributed by atoms with Crippen LogP contribution < -0.4 is 4.72 Å². The molecule has 2 aromatic rings. The minimum Gasteiger partial charge on any atom is -0.275 e. The Morgan fingerprint density at radius 2 is 1.75 bits per heavy atom. The molecule has 11 heteroatoms. The fourth-order valence-electron chi connectivity index (χ4n) is 2.43. The molecule has 9 nitrogen and oxygen atoms in total. The monoisotopic (exact) mass is 427 g/mol. The fourth-order valence-corrected chi connectivity index (χ4v) is 4.26. The van der Waals surface area contributed by atoms with E-state index in [0.717, 1.165) is 17.2 Å². The topological polar surface area (TPSA) is 119 Å². The first-order valence-electron chi connectivity index (χ1n) is 7.95. The Labute approximate surface area is 167 Å². The van der Waals surface area contributed by atoms with E-state index in [9.17, 15) is 23.3 Å². The molecule has 0 aliphatic carbocycles. The Morgan fingerprint density at radius 1 is 1.18 bits per heavy atom. The highest BCUT2D eigenvalue weighted by Gasteiger charge is 2.35. The Kier molecular flexibility index (Phi) is 7.08. The van der Waals surface area contributed by atoms with Crippen LogP contribution in [0.25, 0.3) is 0 Å². The number of hydroxylamine groups is 2. The van der Waals surface area contributed by atoms with Crippen molar-refractivity contribution in [2.45, 2.75) is 16.3 Å². The van der Waals surface area contributed by atoms with E-state index >= 15 is 0 Å². The van der Waals surface area contributed by atoms with Crippen molar-refractivity contribution >= 4 is 33.2 Å². The highest BCUT2D eigenvalue weighted by Crippen LogP contribution is 2.28. The van der Waals surface area contributed by atoms with Gasteiger partial charge >= 0.3 is 0 Å². The van der Waals surface area contributed by atoms with Crippen molar-refractivity contribution in [2.75, 3.05) is 14.2 Å². The summed E-state index contributed by atoms with van der Waals surface area (Å²) in [6.45, 7) is 0. The van der Waals surface area contributed by atoms with Crippen LogP contribution in [0.2, 0.25) is 0 Å². The maximum Gasteiger partial charge on any atom is 0.289 e. The van der Waals surface area contributed by atoms with Crippen LogP contribution in [0.1, 0.15) is 11.6 Å². The number of para-hydroxylation sites is 1. The summed E-state index contributed by atoms with van der Waals surface area (Å²) < 4.78 is 28.1. The van der Waals surface area contributed by atoms with Gasteiger partial charge in [-0.25, -0.2) is 18.2 Å². The van der Waals surface area contributed by atoms with Crippen molar-refractivity contribution < 1.29 is 23.0 Å². The predicted octanol–water partition coefficient (Wildman–Crippen LogP) is 2.24. The van der Waals surface area contributed by atoms with Gasteiger partial charge in [0.15, 0.2) is 4.90 Å². The molecule has 150 valence electrons. The zero-order valence-electron chi connectivity index (χ0n) is 15.0. The summed E-state index contributed by atoms with van der Waals surface area (Å²) in [5.41, 5.74) is -0.184. The van der Waals surface area contributed by atoms with Crippen molar-refractivity contribution in [2.24, 2.45) is 0 Å². The Balaban J connectivity index is 2.48. The summed E-state index contributed by atoms with van der Waals surface area (Å²) >= 11 is 6.27. The molecular weight excluding hydrogens is 410 g/mol. The number of carbonyl (C=O) groups excluding carboxylic acids is 1. The molecule has 0 radical (unpaired) electrons. The number of nitro benzene ring substituents is 1. The van der Waals surface area contributed by atoms with E-state index in [1.807, 2.05) is 0 Å². The number of alkyl halides is 1. The first-order chi connectivity index (χ1) is 13.2. The number of nitrogens with one attached hydrogen (secondary N) is 1. The van der Waals surface area contributed by atoms with Gasteiger partial charge in [-0.1, -0.05) is 42.5 Å². The highest BCUT2D eigenvalue weighted by molar-refractivity contribution is 7.89. The van der Waals surface area contributed by atoms with Gasteiger partial charge in [0.1, 0.15) is 5.38 Å². The number of carbonyl (C=O) groups is 1. The molecule has 0 bridgehead atoms. The van der Waals surface area contributed by atoms with Gasteiger partial charge in [-0.05, 0) is 11.6 Å². The Bertz CT molecular complexity index is 954. The van der Waals surface area contributed by atoms with Gasteiger partial charge in [0.05, 0.1) is 18.1 Å². The third-order valence-corrected chi connectivity index (χ3v) is 5.83. The second-order valence-corrected chi connectivity index (χ2v) is 7.81. The number of benzene rings is 2. The second kappa shape index (κ2) is 9.11. The lowest BCUT2D eigenvalue weighted by molar-refractivity contribution is -0.387. The number of hydrogen-bond donors (Lipinski definition) is 1. The molecular formula is C17H18ClN3O6S. The molecule has 0 heterocycles. The van der Waals surface area contributed by atoms with Gasteiger partial charge in [-0.3, -0.25) is 19.7 Å². The van der Waals surface area contributed by atoms with E-state index in [0.29, 0.717) is 5.56 Å². The summed E-state index contributed by atoms with van der Waals surface area (Å²) in [6.07, 6.45) is 0. The molecule has 0 unspecified atom stereocenters. The maximum atomic E-state index is 12.9. The van der Waals surface area contributed by atoms with Crippen LogP contribution in [-0.4, -0.2) is 43.8 Å². The number of nitrogens with zero attached hydrogens (tertiary/aromatic N) is 2. The van der Waals surface area contributed by atoms with Gasteiger partial charge in [-0.2, -0.15) is 0 Å². The molecule has 0 saturated heterocycles. The number of halogens is 1. The zero-order valence-corrected chi connectivity index (χ0v) is 16.6. The molecule has 0 aliphatic heterocycles. The predicted molar refractivity (Wildman–Crippen MR) is 102 cm³/mol. The average molecular weight is 428 g/mol. The first-order valence-corrected chi connectivity index (χ1v) is 9.87. The largest absolute Gasteiger partial charge is 0.289 e. The molecule has 0 fully saturated rings. The van der Waals surface area contributed by atoms with Crippen molar-refractivity contribution in [1.82, 2.24) is 9.79 Å². The fraction of sp³-hybridized carbons (Fsp3) is 0.235. The van der Waals surface area contributed by atoms with Crippen LogP contribution in [0.5, 0.6) is 0 Å². The molecule has 0 spiro atoms. The van der Waals surface area contributed by atoms with Gasteiger partial charge in [0.2, 0.25) is 10.0 Å². The van der Waals surface area contributed by atoms with Crippen LogP contribution in [0.15, 0.2) is 59.5 Å². The quantitative estimate of drug-likeness (QED) is 0.392. The van der Waals surface area contributed by atoms with E-state index in [-0.39, 0.29) is 0 Å². The summed E-state index contributed by atoms with van der Waals surface area (Å²) in [5, 5.41) is 10.7. The number of sulfonamides is 1. The van der Waals surface area contributed by atoms with Crippen molar-refractivity contribution in [1.29, 1.82) is 0 Å². The number of amides is 1.